The summed E-state index contributed by atoms with van der Waals surface area (Å²) in [6.45, 7) is -12.0. The molecule has 1 aliphatic rings. The Kier molecular flexibility index (Phi) is 9.67. The molecule has 0 unspecified atom stereocenters. The molecule has 0 fully saturated rings. The first-order valence-corrected chi connectivity index (χ1v) is 39.1. The second-order valence-electron chi connectivity index (χ2n) is 29.3. The highest BCUT2D eigenvalue weighted by molar-refractivity contribution is 7.20. The molecule has 0 amide bonds. The van der Waals surface area contributed by atoms with Crippen LogP contribution in [0.1, 0.15) is 128 Å². The lowest BCUT2D eigenvalue weighted by Crippen LogP contribution is -2.74. The number of hydrogen-bond donors (Lipinski definition) is 0. The van der Waals surface area contributed by atoms with Gasteiger partial charge in [0.05, 0.1) is 90.0 Å². The van der Waals surface area contributed by atoms with Crippen molar-refractivity contribution in [2.24, 2.45) is 0 Å². The molecule has 6 aromatic heterocycles. The van der Waals surface area contributed by atoms with E-state index in [1.54, 1.807) is 47.5 Å². The first kappa shape index (κ1) is 41.2. The third kappa shape index (κ3) is 11.3. The highest BCUT2D eigenvalue weighted by Crippen LogP contribution is 2.49. The van der Waals surface area contributed by atoms with E-state index in [-0.39, 0.29) is 45.7 Å². The van der Waals surface area contributed by atoms with E-state index in [4.69, 9.17) is 24.0 Å². The molecule has 0 atom stereocenters. The average molecular weight is 1550 g/mol. The summed E-state index contributed by atoms with van der Waals surface area (Å²) in [6.07, 6.45) is -4.58. The Morgan fingerprint density at radius 3 is 1.53 bits per heavy atom. The first-order chi connectivity index (χ1) is 71.9. The molecule has 0 aliphatic heterocycles. The summed E-state index contributed by atoms with van der Waals surface area (Å²) >= 11 is 0. The van der Waals surface area contributed by atoms with Crippen molar-refractivity contribution in [2.75, 3.05) is 4.90 Å². The number of benzene rings is 14. The van der Waals surface area contributed by atoms with Gasteiger partial charge >= 0.3 is 0 Å². The molecule has 0 N–H and O–H groups in total. The van der Waals surface area contributed by atoms with Crippen LogP contribution in [0.25, 0.3) is 128 Å². The molecule has 0 spiro atoms. The van der Waals surface area contributed by atoms with Crippen molar-refractivity contribution >= 4 is 123 Å². The zero-order valence-electron chi connectivity index (χ0n) is 98.9. The molecule has 11 heteroatoms. The Morgan fingerprint density at radius 2 is 0.940 bits per heavy atom. The molecule has 558 valence electrons. The molecular weight excluding hydrogens is 1430 g/mol. The van der Waals surface area contributed by atoms with Gasteiger partial charge in [0, 0.05) is 66.1 Å². The minimum Gasteiger partial charge on any atom is -0.294 e. The van der Waals surface area contributed by atoms with E-state index in [2.05, 4.69) is 31.7 Å². The lowest BCUT2D eigenvalue weighted by atomic mass is 9.63. The normalized spacial score (nSPS) is 19.4. The molecule has 6 heterocycles. The van der Waals surface area contributed by atoms with Crippen molar-refractivity contribution in [2.45, 2.75) is 77.2 Å². The molecule has 0 radical (unpaired) electrons. The molecule has 21 rings (SSSR count). The standard InChI is InChI=1S/C105H84N10Si/c1-103(2,3)72-60-63-106-98(66-72)113-90-49-22-17-46-86(90)87-58-57-75(68-97(87)113)112(100-107-101(114-91-50-23-18-42-82(91)83-43-19-24-51-92(83)114)109-102(108-100)115-93-52-25-20-44-84(93)85-45-21-26-53-94(85)115)74-34-30-33-73(67-74)110-69-111(96-55-28-27-54-95(96)110)99-80(47-31-48-81(99)71-56-59-88-89(65-71)105(6,7)62-61-104(88,4)5)70-32-29-41-79(64-70)116(76-35-11-8-12-36-76,77-37-13-9-14-38-77)78-39-15-10-16-40-78/h8-60,63-68H,61-62H2,1-7H3/i4D3,5D3,6D3,7D3,8D,9D,10D,11D,12D,13D,14D,15D,16D,29D,32D,35D,36D,37D,38D,39D,41D,56D,59D,61D2,62D2,64D,65D. The van der Waals surface area contributed by atoms with Crippen LogP contribution in [0.5, 0.6) is 0 Å². The number of pyridine rings is 1. The van der Waals surface area contributed by atoms with Crippen LogP contribution in [-0.4, -0.2) is 46.3 Å². The zero-order chi connectivity index (χ0) is 110. The third-order valence-corrected chi connectivity index (χ3v) is 25.6. The van der Waals surface area contributed by atoms with Crippen LogP contribution in [0.4, 0.5) is 17.3 Å². The monoisotopic (exact) mass is 1550 g/mol. The van der Waals surface area contributed by atoms with Crippen molar-refractivity contribution in [1.82, 2.24) is 38.2 Å². The number of imidazole rings is 1. The summed E-state index contributed by atoms with van der Waals surface area (Å²) in [5.41, 5.74) is -12.2. The summed E-state index contributed by atoms with van der Waals surface area (Å²) in [7, 11) is -6.58. The Morgan fingerprint density at radius 1 is 0.431 bits per heavy atom. The van der Waals surface area contributed by atoms with Crippen molar-refractivity contribution in [3.05, 3.63) is 381 Å². The van der Waals surface area contributed by atoms with Gasteiger partial charge in [-0.05, 0) is 161 Å². The van der Waals surface area contributed by atoms with Crippen LogP contribution < -0.4 is 30.2 Å². The van der Waals surface area contributed by atoms with Gasteiger partial charge in [-0.2, -0.15) is 15.0 Å². The van der Waals surface area contributed by atoms with Crippen LogP contribution in [0.15, 0.2) is 358 Å². The smallest absolute Gasteiger partial charge is 0.269 e. The fraction of sp³-hybridized carbons (Fsp3) is 0.114. The Bertz CT molecular complexity index is 8980. The van der Waals surface area contributed by atoms with E-state index < -0.39 is 246 Å². The summed E-state index contributed by atoms with van der Waals surface area (Å²) in [5, 5.41) is 0.563. The van der Waals surface area contributed by atoms with Gasteiger partial charge in [-0.25, -0.2) is 4.98 Å². The number of rotatable bonds is 14. The summed E-state index contributed by atoms with van der Waals surface area (Å²) < 4.78 is 368. The quantitative estimate of drug-likeness (QED) is 0.0469. The number of nitrogens with zero attached hydrogens (tertiary/aromatic N) is 10. The summed E-state index contributed by atoms with van der Waals surface area (Å²) in [4.78, 5) is 23.6. The Hall–Kier alpha value is -13.9. The topological polar surface area (TPSA) is 78.4 Å². The zero-order valence-corrected chi connectivity index (χ0v) is 62.9. The predicted octanol–water partition coefficient (Wildman–Crippen LogP) is 22.4. The van der Waals surface area contributed by atoms with Crippen LogP contribution in [0.2, 0.25) is 0 Å². The Labute approximate surface area is 727 Å². The van der Waals surface area contributed by atoms with Crippen LogP contribution >= 0.6 is 0 Å². The summed E-state index contributed by atoms with van der Waals surface area (Å²) in [5.74, 6) is 0.806. The second kappa shape index (κ2) is 27.2. The highest BCUT2D eigenvalue weighted by Gasteiger charge is 2.42. The van der Waals surface area contributed by atoms with Gasteiger partial charge in [0.1, 0.15) is 5.82 Å². The van der Waals surface area contributed by atoms with E-state index in [9.17, 15) is 46.6 Å². The molecule has 0 saturated carbocycles. The average Bonchev–Trinajstić information content (AvgIpc) is 1.53. The van der Waals surface area contributed by atoms with Gasteiger partial charge in [-0.3, -0.25) is 27.7 Å². The minimum absolute atomic E-state index is 0.0146. The number of anilines is 3. The lowest BCUT2D eigenvalue weighted by molar-refractivity contribution is -0.571. The van der Waals surface area contributed by atoms with Crippen molar-refractivity contribution < 1.29 is 55.3 Å². The molecular formula is C105H84N10Si. The molecule has 0 bridgehead atoms. The van der Waals surface area contributed by atoms with Crippen molar-refractivity contribution in [3.63, 3.8) is 0 Å². The molecule has 1 aliphatic carbocycles. The first-order valence-electron chi connectivity index (χ1n) is 55.6. The maximum atomic E-state index is 11.3. The van der Waals surface area contributed by atoms with Crippen LogP contribution in [0, 0.1) is 6.33 Å². The van der Waals surface area contributed by atoms with E-state index in [1.165, 1.54) is 16.7 Å². The fourth-order valence-corrected chi connectivity index (χ4v) is 19.9. The summed E-state index contributed by atoms with van der Waals surface area (Å²) in [6, 6.07) is 38.0. The third-order valence-electron chi connectivity index (χ3n) is 21.5. The maximum Gasteiger partial charge on any atom is 0.269 e. The predicted molar refractivity (Wildman–Crippen MR) is 481 cm³/mol. The van der Waals surface area contributed by atoms with E-state index in [0.29, 0.717) is 45.2 Å². The fourth-order valence-electron chi connectivity index (χ4n) is 16.2. The second-order valence-corrected chi connectivity index (χ2v) is 32.9. The largest absolute Gasteiger partial charge is 0.294 e. The van der Waals surface area contributed by atoms with Gasteiger partial charge in [-0.15, -0.1) is 0 Å². The Balaban J connectivity index is 0.923. The number of para-hydroxylation sites is 8. The molecule has 10 nitrogen and oxygen atoms in total. The molecule has 14 aromatic carbocycles. The van der Waals surface area contributed by atoms with Gasteiger partial charge in [-0.1, -0.05) is 327 Å². The van der Waals surface area contributed by atoms with Gasteiger partial charge in [0.2, 0.25) is 17.8 Å². The van der Waals surface area contributed by atoms with E-state index in [0.717, 1.165) is 66.2 Å². The molecule has 0 saturated heterocycles. The SMILES string of the molecule is [2H]c1cc([Si](c2c([2H])c([2H])c([2H])c([2H])c2[2H])(c2c([2H])c([2H])c([2H])c([2H])c2[2H])c2c([2H])c([2H])c([2H])c(-c3cccc(-c4c([2H])c([2H])c5c(c4[2H])C(C([2H])([2H])[2H])(C([2H])([2H])[2H])C([2H])([2H])C([2H])([2H])C5(C([2H])([2H])[2H])C([2H])([2H])[2H])c3-[n+]3[c-]n(-c4cccc(N(c5ccc6c7ccccc7n(-c7cc(C(C)(C)C)ccn7)c6c5)c5nc(-n6c7ccccc7c7ccccc76)nc(-n6c7ccccc7c7ccccc76)n5)c4)c4ccccc43)c2[2H])c([2H])c([2H])c1[2H]. The maximum absolute atomic E-state index is 11.3. The van der Waals surface area contributed by atoms with Crippen LogP contribution in [0.3, 0.4) is 0 Å². The van der Waals surface area contributed by atoms with Crippen LogP contribution in [-0.2, 0) is 16.2 Å². The van der Waals surface area contributed by atoms with Crippen molar-refractivity contribution in [1.29, 1.82) is 0 Å². The van der Waals surface area contributed by atoms with E-state index >= 15 is 0 Å². The van der Waals surface area contributed by atoms with Gasteiger partial charge in [0.15, 0.2) is 8.07 Å². The molecule has 20 aromatic rings. The highest BCUT2D eigenvalue weighted by atomic mass is 28.3. The van der Waals surface area contributed by atoms with Gasteiger partial charge in [0.25, 0.3) is 6.33 Å². The van der Waals surface area contributed by atoms with Gasteiger partial charge < -0.3 is 0 Å². The number of aromatic nitrogens is 9. The lowest BCUT2D eigenvalue weighted by Gasteiger charge is -2.42. The minimum atomic E-state index is -6.58. The number of hydrogen-bond acceptors (Lipinski definition) is 5. The molecule has 116 heavy (non-hydrogen) atoms. The van der Waals surface area contributed by atoms with Crippen molar-refractivity contribution in [3.8, 4) is 51.3 Å². The van der Waals surface area contributed by atoms with E-state index in [1.807, 2.05) is 161 Å². The number of fused-ring (bicyclic) bond motifs is 11.